The third-order valence-corrected chi connectivity index (χ3v) is 3.39. The molecule has 7 nitrogen and oxygen atoms in total. The van der Waals surface area contributed by atoms with Crippen LogP contribution in [0.25, 0.3) is 0 Å². The maximum atomic E-state index is 12.7. The number of esters is 1. The van der Waals surface area contributed by atoms with Crippen molar-refractivity contribution in [2.45, 2.75) is 45.8 Å². The fourth-order valence-corrected chi connectivity index (χ4v) is 2.18. The average molecular weight is 388 g/mol. The van der Waals surface area contributed by atoms with E-state index in [1.165, 1.54) is 12.2 Å². The van der Waals surface area contributed by atoms with Gasteiger partial charge in [0, 0.05) is 6.42 Å². The molecular weight excluding hydrogens is 360 g/mol. The summed E-state index contributed by atoms with van der Waals surface area (Å²) in [4.78, 5) is 36.9. The molecule has 7 heteroatoms. The topological polar surface area (TPSA) is 93.7 Å². The zero-order valence-corrected chi connectivity index (χ0v) is 16.8. The second-order valence-electron chi connectivity index (χ2n) is 6.97. The highest BCUT2D eigenvalue weighted by molar-refractivity contribution is 5.96. The lowest BCUT2D eigenvalue weighted by molar-refractivity contribution is -0.139. The first-order valence-electron chi connectivity index (χ1n) is 8.95. The number of ether oxygens (including phenoxy) is 2. The summed E-state index contributed by atoms with van der Waals surface area (Å²) >= 11 is 0. The highest BCUT2D eigenvalue weighted by Gasteiger charge is 2.26. The van der Waals surface area contributed by atoms with Gasteiger partial charge in [-0.15, -0.1) is 0 Å². The van der Waals surface area contributed by atoms with Crippen molar-refractivity contribution in [1.82, 2.24) is 10.6 Å². The molecule has 1 rings (SSSR count). The fourth-order valence-electron chi connectivity index (χ4n) is 2.18. The van der Waals surface area contributed by atoms with Crippen LogP contribution < -0.4 is 10.6 Å². The van der Waals surface area contributed by atoms with Crippen molar-refractivity contribution >= 4 is 18.0 Å². The van der Waals surface area contributed by atoms with Crippen LogP contribution in [0.2, 0.25) is 0 Å². The number of rotatable bonds is 8. The number of carbonyl (C=O) groups is 3. The van der Waals surface area contributed by atoms with Gasteiger partial charge in [0.2, 0.25) is 5.91 Å². The van der Waals surface area contributed by atoms with Crippen LogP contribution in [0.5, 0.6) is 0 Å². The first-order valence-corrected chi connectivity index (χ1v) is 8.95. The van der Waals surface area contributed by atoms with E-state index in [0.717, 1.165) is 5.56 Å². The number of alkyl carbamates (subject to hydrolysis) is 1. The Morgan fingerprint density at radius 2 is 1.82 bits per heavy atom. The van der Waals surface area contributed by atoms with E-state index in [4.69, 9.17) is 9.47 Å². The van der Waals surface area contributed by atoms with Crippen molar-refractivity contribution in [1.29, 1.82) is 0 Å². The first kappa shape index (κ1) is 23.0. The first-order chi connectivity index (χ1) is 13.2. The van der Waals surface area contributed by atoms with E-state index >= 15 is 0 Å². The molecule has 1 aromatic rings. The number of amides is 2. The summed E-state index contributed by atoms with van der Waals surface area (Å²) in [5, 5.41) is 5.07. The summed E-state index contributed by atoms with van der Waals surface area (Å²) in [5.74, 6) is -1.25. The van der Waals surface area contributed by atoms with Gasteiger partial charge < -0.3 is 20.1 Å². The fraction of sp³-hybridized carbons (Fsp3) is 0.381. The van der Waals surface area contributed by atoms with Crippen molar-refractivity contribution in [2.75, 3.05) is 6.61 Å². The minimum atomic E-state index is -0.945. The number of allylic oxidation sites excluding steroid dienone is 1. The molecule has 0 aliphatic rings. The predicted octanol–water partition coefficient (Wildman–Crippen LogP) is 2.87. The highest BCUT2D eigenvalue weighted by atomic mass is 16.6. The smallest absolute Gasteiger partial charge is 0.408 e. The lowest BCUT2D eigenvalue weighted by atomic mass is 10.1. The molecule has 28 heavy (non-hydrogen) atoms. The molecule has 0 bridgehead atoms. The van der Waals surface area contributed by atoms with Gasteiger partial charge in [-0.2, -0.15) is 0 Å². The maximum absolute atomic E-state index is 12.7. The van der Waals surface area contributed by atoms with Crippen molar-refractivity contribution < 1.29 is 23.9 Å². The minimum Gasteiger partial charge on any atom is -0.457 e. The van der Waals surface area contributed by atoms with E-state index in [2.05, 4.69) is 17.2 Å². The van der Waals surface area contributed by atoms with Gasteiger partial charge in [0.05, 0.1) is 0 Å². The van der Waals surface area contributed by atoms with Gasteiger partial charge in [-0.1, -0.05) is 49.1 Å². The molecule has 2 N–H and O–H groups in total. The molecule has 0 fully saturated rings. The molecule has 0 saturated heterocycles. The van der Waals surface area contributed by atoms with E-state index in [1.807, 2.05) is 30.3 Å². The minimum absolute atomic E-state index is 0.0177. The summed E-state index contributed by atoms with van der Waals surface area (Å²) in [6.07, 6.45) is 2.36. The van der Waals surface area contributed by atoms with Gasteiger partial charge in [0.1, 0.15) is 23.9 Å². The predicted molar refractivity (Wildman–Crippen MR) is 106 cm³/mol. The Labute approximate surface area is 165 Å². The zero-order valence-electron chi connectivity index (χ0n) is 16.8. The van der Waals surface area contributed by atoms with Crippen LogP contribution in [0.1, 0.15) is 33.3 Å². The summed E-state index contributed by atoms with van der Waals surface area (Å²) in [5.41, 5.74) is 0.117. The molecule has 0 saturated carbocycles. The Morgan fingerprint density at radius 1 is 1.18 bits per heavy atom. The number of hydrogen-bond donors (Lipinski definition) is 2. The van der Waals surface area contributed by atoms with Gasteiger partial charge in [-0.05, 0) is 33.3 Å². The molecule has 0 unspecified atom stereocenters. The van der Waals surface area contributed by atoms with E-state index in [-0.39, 0.29) is 18.7 Å². The normalized spacial score (nSPS) is 12.5. The molecule has 2 amide bonds. The average Bonchev–Trinajstić information content (AvgIpc) is 2.62. The Kier molecular flexibility index (Phi) is 8.95. The van der Waals surface area contributed by atoms with E-state index in [0.29, 0.717) is 0 Å². The molecule has 0 radical (unpaired) electrons. The Morgan fingerprint density at radius 3 is 2.36 bits per heavy atom. The van der Waals surface area contributed by atoms with Gasteiger partial charge >= 0.3 is 12.1 Å². The Hall–Kier alpha value is -3.09. The van der Waals surface area contributed by atoms with Gasteiger partial charge in [0.15, 0.2) is 0 Å². The summed E-state index contributed by atoms with van der Waals surface area (Å²) < 4.78 is 10.2. The lowest BCUT2D eigenvalue weighted by Gasteiger charge is -2.23. The van der Waals surface area contributed by atoms with Gasteiger partial charge in [-0.3, -0.25) is 4.79 Å². The molecule has 152 valence electrons. The van der Waals surface area contributed by atoms with Crippen LogP contribution in [-0.4, -0.2) is 36.2 Å². The Bertz CT molecular complexity index is 720. The van der Waals surface area contributed by atoms with Crippen LogP contribution in [-0.2, 0) is 25.5 Å². The van der Waals surface area contributed by atoms with Crippen molar-refractivity contribution in [2.24, 2.45) is 0 Å². The third kappa shape index (κ3) is 8.53. The van der Waals surface area contributed by atoms with Crippen molar-refractivity contribution in [3.05, 3.63) is 60.3 Å². The van der Waals surface area contributed by atoms with Crippen LogP contribution in [0.3, 0.4) is 0 Å². The van der Waals surface area contributed by atoms with Crippen molar-refractivity contribution in [3.8, 4) is 0 Å². The molecule has 1 atom stereocenters. The molecule has 0 heterocycles. The quantitative estimate of drug-likeness (QED) is 0.406. The second kappa shape index (κ2) is 10.9. The van der Waals surface area contributed by atoms with Crippen LogP contribution in [0, 0.1) is 0 Å². The summed E-state index contributed by atoms with van der Waals surface area (Å²) in [6.45, 7) is 10.3. The number of benzene rings is 1. The maximum Gasteiger partial charge on any atom is 0.408 e. The molecule has 0 aliphatic heterocycles. The van der Waals surface area contributed by atoms with E-state index in [9.17, 15) is 14.4 Å². The van der Waals surface area contributed by atoms with Gasteiger partial charge in [-0.25, -0.2) is 9.59 Å². The molecule has 0 aromatic heterocycles. The standard InChI is InChI=1S/C21H28N2O5/c1-6-13-27-19(25)16(7-2)22-18(24)17(14-15-11-9-8-10-12-15)23-20(26)28-21(3,4)5/h6-12,17H,1,13-14H2,2-5H3,(H,22,24)(H,23,26)/b16-7-/t17-/m0/s1. The monoisotopic (exact) mass is 388 g/mol. The lowest BCUT2D eigenvalue weighted by Crippen LogP contribution is -2.49. The number of carbonyl (C=O) groups excluding carboxylic acids is 3. The van der Waals surface area contributed by atoms with Crippen LogP contribution in [0.15, 0.2) is 54.8 Å². The number of nitrogens with one attached hydrogen (secondary N) is 2. The molecule has 0 aliphatic carbocycles. The van der Waals surface area contributed by atoms with Crippen LogP contribution in [0.4, 0.5) is 4.79 Å². The number of hydrogen-bond acceptors (Lipinski definition) is 5. The Balaban J connectivity index is 2.92. The third-order valence-electron chi connectivity index (χ3n) is 3.39. The van der Waals surface area contributed by atoms with Crippen LogP contribution >= 0.6 is 0 Å². The van der Waals surface area contributed by atoms with E-state index in [1.54, 1.807) is 27.7 Å². The SMILES string of the molecule is C=CCOC(=O)/C(=C/C)NC(=O)[C@H](Cc1ccccc1)NC(=O)OC(C)(C)C. The van der Waals surface area contributed by atoms with Gasteiger partial charge in [0.25, 0.3) is 0 Å². The molecular formula is C21H28N2O5. The highest BCUT2D eigenvalue weighted by Crippen LogP contribution is 2.09. The van der Waals surface area contributed by atoms with E-state index < -0.39 is 29.6 Å². The molecule has 0 spiro atoms. The largest absolute Gasteiger partial charge is 0.457 e. The van der Waals surface area contributed by atoms with Crippen molar-refractivity contribution in [3.63, 3.8) is 0 Å². The summed E-state index contributed by atoms with van der Waals surface area (Å²) in [7, 11) is 0. The zero-order chi connectivity index (χ0) is 21.2. The summed E-state index contributed by atoms with van der Waals surface area (Å²) in [6, 6.07) is 8.26. The second-order valence-corrected chi connectivity index (χ2v) is 6.97. The molecule has 1 aromatic carbocycles.